The van der Waals surface area contributed by atoms with Gasteiger partial charge < -0.3 is 28.4 Å². The van der Waals surface area contributed by atoms with Crippen molar-refractivity contribution < 1.29 is 33.2 Å². The molecule has 0 aromatic heterocycles. The van der Waals surface area contributed by atoms with Crippen LogP contribution in [0.15, 0.2) is 0 Å². The van der Waals surface area contributed by atoms with Crippen LogP contribution in [0.5, 0.6) is 0 Å². The first kappa shape index (κ1) is 23.4. The van der Waals surface area contributed by atoms with Crippen molar-refractivity contribution in [2.24, 2.45) is 17.8 Å². The van der Waals surface area contributed by atoms with Crippen LogP contribution in [-0.4, -0.2) is 62.3 Å². The van der Waals surface area contributed by atoms with Crippen LogP contribution in [0.2, 0.25) is 0 Å². The van der Waals surface area contributed by atoms with Gasteiger partial charge in [-0.25, -0.2) is 0 Å². The van der Waals surface area contributed by atoms with E-state index in [9.17, 15) is 4.79 Å². The van der Waals surface area contributed by atoms with E-state index in [4.69, 9.17) is 28.4 Å². The maximum Gasteiger partial charge on any atom is 0.310 e. The van der Waals surface area contributed by atoms with E-state index in [-0.39, 0.29) is 55.1 Å². The first-order valence-electron chi connectivity index (χ1n) is 12.4. The number of hydrogen-bond acceptors (Lipinski definition) is 7. The van der Waals surface area contributed by atoms with Gasteiger partial charge in [0.2, 0.25) is 0 Å². The molecule has 31 heavy (non-hydrogen) atoms. The van der Waals surface area contributed by atoms with Crippen LogP contribution in [-0.2, 0) is 33.2 Å². The van der Waals surface area contributed by atoms with Crippen LogP contribution < -0.4 is 0 Å². The van der Waals surface area contributed by atoms with Crippen molar-refractivity contribution in [1.82, 2.24) is 0 Å². The molecule has 4 fully saturated rings. The molecule has 0 saturated carbocycles. The van der Waals surface area contributed by atoms with E-state index in [0.29, 0.717) is 25.0 Å². The number of ether oxygens (including phenoxy) is 6. The number of carbonyl (C=O) groups excluding carboxylic acids is 1. The molecule has 10 atom stereocenters. The molecular weight excluding hydrogens is 400 g/mol. The third-order valence-electron chi connectivity index (χ3n) is 7.53. The highest BCUT2D eigenvalue weighted by molar-refractivity contribution is 5.70. The molecule has 0 aromatic carbocycles. The second-order valence-corrected chi connectivity index (χ2v) is 9.41. The molecule has 4 rings (SSSR count). The molecule has 10 unspecified atom stereocenters. The molecule has 0 aromatic rings. The lowest BCUT2D eigenvalue weighted by Gasteiger charge is -2.37. The molecule has 7 nitrogen and oxygen atoms in total. The summed E-state index contributed by atoms with van der Waals surface area (Å²) < 4.78 is 36.0. The molecule has 0 amide bonds. The maximum atomic E-state index is 12.7. The summed E-state index contributed by atoms with van der Waals surface area (Å²) in [6.45, 7) is 9.24. The predicted molar refractivity (Wildman–Crippen MR) is 113 cm³/mol. The van der Waals surface area contributed by atoms with Crippen molar-refractivity contribution in [1.29, 1.82) is 0 Å². The van der Waals surface area contributed by atoms with Crippen LogP contribution >= 0.6 is 0 Å². The largest absolute Gasteiger partial charge is 0.436 e. The molecule has 0 radical (unpaired) electrons. The van der Waals surface area contributed by atoms with Gasteiger partial charge in [0, 0.05) is 31.0 Å². The zero-order valence-corrected chi connectivity index (χ0v) is 19.5. The average Bonchev–Trinajstić information content (AvgIpc) is 3.45. The number of carbonyl (C=O) groups is 1. The quantitative estimate of drug-likeness (QED) is 0.378. The summed E-state index contributed by atoms with van der Waals surface area (Å²) >= 11 is 0. The van der Waals surface area contributed by atoms with Gasteiger partial charge >= 0.3 is 5.97 Å². The molecule has 4 aliphatic rings. The fraction of sp³-hybridized carbons (Fsp3) is 0.958. The summed E-state index contributed by atoms with van der Waals surface area (Å²) in [5, 5.41) is 0. The predicted octanol–water partition coefficient (Wildman–Crippen LogP) is 3.82. The third kappa shape index (κ3) is 4.96. The van der Waals surface area contributed by atoms with Gasteiger partial charge in [-0.15, -0.1) is 0 Å². The van der Waals surface area contributed by atoms with E-state index in [0.717, 1.165) is 38.5 Å². The van der Waals surface area contributed by atoms with Crippen molar-refractivity contribution in [3.63, 3.8) is 0 Å². The molecule has 0 N–H and O–H groups in total. The molecule has 4 saturated heterocycles. The zero-order chi connectivity index (χ0) is 22.0. The minimum Gasteiger partial charge on any atom is -0.436 e. The zero-order valence-electron chi connectivity index (χ0n) is 19.5. The average molecular weight is 441 g/mol. The van der Waals surface area contributed by atoms with Crippen molar-refractivity contribution >= 4 is 5.97 Å². The lowest BCUT2D eigenvalue weighted by Crippen LogP contribution is -2.45. The van der Waals surface area contributed by atoms with Gasteiger partial charge in [-0.2, -0.15) is 0 Å². The summed E-state index contributed by atoms with van der Waals surface area (Å²) in [5.74, 6) is 0.713. The lowest BCUT2D eigenvalue weighted by atomic mass is 9.69. The molecular formula is C24H40O7. The second-order valence-electron chi connectivity index (χ2n) is 9.41. The molecule has 7 heteroatoms. The van der Waals surface area contributed by atoms with Gasteiger partial charge in [0.1, 0.15) is 0 Å². The molecule has 2 bridgehead atoms. The number of esters is 1. The highest BCUT2D eigenvalue weighted by atomic mass is 16.7. The standard InChI is InChI=1S/C24H40O7/c1-5-16-22-19-12-15(24(31-19)23(22)17(6-2)29-16)18(30-21-10-8-9-11-27-21)13-20(25)28-14(4)26-7-3/h14-19,21-24H,5-13H2,1-4H3. The molecule has 0 aliphatic carbocycles. The monoisotopic (exact) mass is 440 g/mol. The van der Waals surface area contributed by atoms with E-state index >= 15 is 0 Å². The first-order chi connectivity index (χ1) is 15.0. The Morgan fingerprint density at radius 3 is 2.52 bits per heavy atom. The Balaban J connectivity index is 1.47. The Hall–Kier alpha value is -0.730. The molecule has 178 valence electrons. The summed E-state index contributed by atoms with van der Waals surface area (Å²) in [5.41, 5.74) is 0. The Labute approximate surface area is 186 Å². The van der Waals surface area contributed by atoms with Crippen LogP contribution in [0.25, 0.3) is 0 Å². The highest BCUT2D eigenvalue weighted by Crippen LogP contribution is 2.56. The summed E-state index contributed by atoms with van der Waals surface area (Å²) in [6, 6.07) is 0. The second kappa shape index (κ2) is 10.5. The van der Waals surface area contributed by atoms with Crippen molar-refractivity contribution in [2.75, 3.05) is 13.2 Å². The number of hydrogen-bond donors (Lipinski definition) is 0. The fourth-order valence-electron chi connectivity index (χ4n) is 6.28. The third-order valence-corrected chi connectivity index (χ3v) is 7.53. The van der Waals surface area contributed by atoms with Gasteiger partial charge in [-0.05, 0) is 52.4 Å². The number of rotatable bonds is 10. The van der Waals surface area contributed by atoms with Gasteiger partial charge in [-0.3, -0.25) is 4.79 Å². The summed E-state index contributed by atoms with van der Waals surface area (Å²) in [4.78, 5) is 12.7. The van der Waals surface area contributed by atoms with E-state index in [1.54, 1.807) is 6.92 Å². The Morgan fingerprint density at radius 1 is 1.06 bits per heavy atom. The summed E-state index contributed by atoms with van der Waals surface area (Å²) in [7, 11) is 0. The molecule has 4 aliphatic heterocycles. The van der Waals surface area contributed by atoms with Crippen molar-refractivity contribution in [3.05, 3.63) is 0 Å². The van der Waals surface area contributed by atoms with E-state index in [2.05, 4.69) is 13.8 Å². The molecule has 4 heterocycles. The van der Waals surface area contributed by atoms with E-state index in [1.165, 1.54) is 0 Å². The normalized spacial score (nSPS) is 41.2. The molecule has 0 spiro atoms. The minimum absolute atomic E-state index is 0.0715. The van der Waals surface area contributed by atoms with Gasteiger partial charge in [0.25, 0.3) is 0 Å². The maximum absolute atomic E-state index is 12.7. The van der Waals surface area contributed by atoms with Crippen LogP contribution in [0, 0.1) is 17.8 Å². The van der Waals surface area contributed by atoms with Gasteiger partial charge in [0.05, 0.1) is 36.9 Å². The van der Waals surface area contributed by atoms with Crippen LogP contribution in [0.4, 0.5) is 0 Å². The number of fused-ring (bicyclic) bond motifs is 5. The van der Waals surface area contributed by atoms with E-state index < -0.39 is 6.29 Å². The fourth-order valence-corrected chi connectivity index (χ4v) is 6.28. The summed E-state index contributed by atoms with van der Waals surface area (Å²) in [6.07, 6.45) is 5.82. The smallest absolute Gasteiger partial charge is 0.310 e. The SMILES string of the molecule is CCOC(C)OC(=O)CC(OC1CCCCO1)C1CC2OC1C1C(CC)OC(CC)C21. The van der Waals surface area contributed by atoms with Crippen LogP contribution in [0.3, 0.4) is 0 Å². The Morgan fingerprint density at radius 2 is 1.84 bits per heavy atom. The minimum atomic E-state index is -0.553. The van der Waals surface area contributed by atoms with Gasteiger partial charge in [-0.1, -0.05) is 13.8 Å². The van der Waals surface area contributed by atoms with Gasteiger partial charge in [0.15, 0.2) is 12.6 Å². The lowest BCUT2D eigenvalue weighted by molar-refractivity contribution is -0.211. The highest BCUT2D eigenvalue weighted by Gasteiger charge is 2.63. The Bertz CT molecular complexity index is 592. The van der Waals surface area contributed by atoms with E-state index in [1.807, 2.05) is 6.92 Å². The van der Waals surface area contributed by atoms with Crippen molar-refractivity contribution in [2.45, 2.75) is 116 Å². The van der Waals surface area contributed by atoms with Crippen molar-refractivity contribution in [3.8, 4) is 0 Å². The Kier molecular flexibility index (Phi) is 7.91. The van der Waals surface area contributed by atoms with Crippen LogP contribution in [0.1, 0.15) is 72.6 Å². The topological polar surface area (TPSA) is 72.5 Å². The first-order valence-corrected chi connectivity index (χ1v) is 12.4.